The number of nitrogens with two attached hydrogens (primary N) is 1. The number of guanidine groups is 1. The fourth-order valence-electron chi connectivity index (χ4n) is 1.87. The number of hydrogen-bond donors (Lipinski definition) is 2. The maximum atomic E-state index is 11.8. The number of halogens is 1. The number of rotatable bonds is 7. The van der Waals surface area contributed by atoms with Crippen LogP contribution in [0.5, 0.6) is 0 Å². The lowest BCUT2D eigenvalue weighted by Gasteiger charge is -2.19. The Morgan fingerprint density at radius 3 is 2.18 bits per heavy atom. The molecule has 0 heterocycles. The lowest BCUT2D eigenvalue weighted by Crippen LogP contribution is -2.37. The summed E-state index contributed by atoms with van der Waals surface area (Å²) in [5, 5.41) is 0. The maximum Gasteiger partial charge on any atom is 0.240 e. The second-order valence-corrected chi connectivity index (χ2v) is 6.26. The summed E-state index contributed by atoms with van der Waals surface area (Å²) in [5.41, 5.74) is 6.81. The van der Waals surface area contributed by atoms with Crippen molar-refractivity contribution >= 4 is 40.0 Å². The van der Waals surface area contributed by atoms with Crippen LogP contribution in [0.15, 0.2) is 34.2 Å². The molecule has 1 aromatic rings. The minimum atomic E-state index is -3.40. The summed E-state index contributed by atoms with van der Waals surface area (Å²) in [4.78, 5) is 6.54. The highest BCUT2D eigenvalue weighted by Crippen LogP contribution is 2.11. The monoisotopic (exact) mass is 440 g/mol. The zero-order chi connectivity index (χ0) is 15.9. The largest absolute Gasteiger partial charge is 0.370 e. The van der Waals surface area contributed by atoms with Gasteiger partial charge in [-0.1, -0.05) is 19.1 Å². The molecule has 8 heteroatoms. The lowest BCUT2D eigenvalue weighted by atomic mass is 10.2. The summed E-state index contributed by atoms with van der Waals surface area (Å²) >= 11 is 0. The topological polar surface area (TPSA) is 87.8 Å². The van der Waals surface area contributed by atoms with Crippen LogP contribution in [0.4, 0.5) is 0 Å². The van der Waals surface area contributed by atoms with E-state index in [0.717, 1.165) is 18.7 Å². The first-order valence-corrected chi connectivity index (χ1v) is 8.56. The molecular formula is C14H25IN4O2S. The average Bonchev–Trinajstić information content (AvgIpc) is 2.47. The van der Waals surface area contributed by atoms with Gasteiger partial charge in [0.15, 0.2) is 5.96 Å². The van der Waals surface area contributed by atoms with Gasteiger partial charge in [-0.05, 0) is 31.5 Å². The number of aliphatic imine (C=N–C) groups is 1. The number of nitrogens with one attached hydrogen (secondary N) is 1. The van der Waals surface area contributed by atoms with Gasteiger partial charge >= 0.3 is 0 Å². The Morgan fingerprint density at radius 2 is 1.73 bits per heavy atom. The average molecular weight is 440 g/mol. The molecular weight excluding hydrogens is 415 g/mol. The van der Waals surface area contributed by atoms with Crippen molar-refractivity contribution in [2.75, 3.05) is 19.6 Å². The van der Waals surface area contributed by atoms with Crippen LogP contribution >= 0.6 is 24.0 Å². The summed E-state index contributed by atoms with van der Waals surface area (Å²) in [6.45, 7) is 8.21. The second-order valence-electron chi connectivity index (χ2n) is 4.49. The normalized spacial score (nSPS) is 11.9. The Labute approximate surface area is 150 Å². The van der Waals surface area contributed by atoms with Crippen LogP contribution in [0, 0.1) is 0 Å². The van der Waals surface area contributed by atoms with Gasteiger partial charge in [0.2, 0.25) is 10.0 Å². The smallest absolute Gasteiger partial charge is 0.240 e. The highest BCUT2D eigenvalue weighted by molar-refractivity contribution is 14.0. The van der Waals surface area contributed by atoms with Gasteiger partial charge < -0.3 is 10.6 Å². The minimum absolute atomic E-state index is 0. The standard InChI is InChI=1S/C14H24N4O2S.HI/c1-4-17-21(19,20)13-9-7-12(8-10-13)11-16-14(15)18(5-2)6-3;/h7-10,17H,4-6,11H2,1-3H3,(H2,15,16);1H. The molecule has 0 amide bonds. The van der Waals surface area contributed by atoms with E-state index in [9.17, 15) is 8.42 Å². The van der Waals surface area contributed by atoms with E-state index in [4.69, 9.17) is 5.73 Å². The van der Waals surface area contributed by atoms with Crippen LogP contribution in [0.1, 0.15) is 26.3 Å². The Hall–Kier alpha value is -0.870. The number of benzene rings is 1. The van der Waals surface area contributed by atoms with Gasteiger partial charge in [-0.3, -0.25) is 0 Å². The Morgan fingerprint density at radius 1 is 1.18 bits per heavy atom. The Bertz CT molecular complexity index is 569. The van der Waals surface area contributed by atoms with Crippen molar-refractivity contribution in [3.05, 3.63) is 29.8 Å². The van der Waals surface area contributed by atoms with E-state index in [1.54, 1.807) is 31.2 Å². The van der Waals surface area contributed by atoms with Gasteiger partial charge in [-0.2, -0.15) is 0 Å². The highest BCUT2D eigenvalue weighted by Gasteiger charge is 2.11. The van der Waals surface area contributed by atoms with E-state index >= 15 is 0 Å². The fourth-order valence-corrected chi connectivity index (χ4v) is 2.91. The molecule has 1 rings (SSSR count). The third-order valence-corrected chi connectivity index (χ3v) is 4.64. The van der Waals surface area contributed by atoms with Crippen LogP contribution in [-0.4, -0.2) is 38.9 Å². The van der Waals surface area contributed by atoms with Crippen LogP contribution < -0.4 is 10.5 Å². The predicted molar refractivity (Wildman–Crippen MR) is 101 cm³/mol. The summed E-state index contributed by atoms with van der Waals surface area (Å²) in [6, 6.07) is 6.67. The van der Waals surface area contributed by atoms with Gasteiger partial charge in [0.05, 0.1) is 11.4 Å². The van der Waals surface area contributed by atoms with Crippen molar-refractivity contribution in [1.82, 2.24) is 9.62 Å². The summed E-state index contributed by atoms with van der Waals surface area (Å²) in [6.07, 6.45) is 0. The molecule has 22 heavy (non-hydrogen) atoms. The van der Waals surface area contributed by atoms with Gasteiger partial charge in [-0.25, -0.2) is 18.1 Å². The third-order valence-electron chi connectivity index (χ3n) is 3.08. The van der Waals surface area contributed by atoms with Crippen LogP contribution in [-0.2, 0) is 16.6 Å². The molecule has 0 saturated heterocycles. The van der Waals surface area contributed by atoms with E-state index in [-0.39, 0.29) is 28.9 Å². The number of nitrogens with zero attached hydrogens (tertiary/aromatic N) is 2. The maximum absolute atomic E-state index is 11.8. The molecule has 126 valence electrons. The summed E-state index contributed by atoms with van der Waals surface area (Å²) in [7, 11) is -3.40. The molecule has 0 saturated carbocycles. The molecule has 0 atom stereocenters. The van der Waals surface area contributed by atoms with Gasteiger partial charge in [0.1, 0.15) is 0 Å². The van der Waals surface area contributed by atoms with Crippen molar-refractivity contribution < 1.29 is 8.42 Å². The van der Waals surface area contributed by atoms with Crippen molar-refractivity contribution in [1.29, 1.82) is 0 Å². The van der Waals surface area contributed by atoms with Gasteiger partial charge in [0, 0.05) is 19.6 Å². The zero-order valence-electron chi connectivity index (χ0n) is 13.2. The van der Waals surface area contributed by atoms with Crippen molar-refractivity contribution in [2.45, 2.75) is 32.2 Å². The molecule has 0 fully saturated rings. The number of sulfonamides is 1. The van der Waals surface area contributed by atoms with Crippen LogP contribution in [0.2, 0.25) is 0 Å². The van der Waals surface area contributed by atoms with Gasteiger partial charge in [-0.15, -0.1) is 24.0 Å². The van der Waals surface area contributed by atoms with Crippen molar-refractivity contribution in [3.8, 4) is 0 Å². The molecule has 0 spiro atoms. The number of hydrogen-bond acceptors (Lipinski definition) is 3. The fraction of sp³-hybridized carbons (Fsp3) is 0.500. The van der Waals surface area contributed by atoms with Crippen molar-refractivity contribution in [2.24, 2.45) is 10.7 Å². The first-order valence-electron chi connectivity index (χ1n) is 7.08. The quantitative estimate of drug-likeness (QED) is 0.384. The van der Waals surface area contributed by atoms with Crippen LogP contribution in [0.3, 0.4) is 0 Å². The molecule has 0 unspecified atom stereocenters. The van der Waals surface area contributed by atoms with Crippen molar-refractivity contribution in [3.63, 3.8) is 0 Å². The molecule has 0 radical (unpaired) electrons. The van der Waals surface area contributed by atoms with E-state index in [1.165, 1.54) is 0 Å². The lowest BCUT2D eigenvalue weighted by molar-refractivity contribution is 0.458. The SMILES string of the molecule is CCNS(=O)(=O)c1ccc(CN=C(N)N(CC)CC)cc1.I. The highest BCUT2D eigenvalue weighted by atomic mass is 127. The first kappa shape index (κ1) is 21.1. The van der Waals surface area contributed by atoms with Gasteiger partial charge in [0.25, 0.3) is 0 Å². The molecule has 1 aromatic carbocycles. The Balaban J connectivity index is 0.00000441. The molecule has 0 aromatic heterocycles. The zero-order valence-corrected chi connectivity index (χ0v) is 16.4. The summed E-state index contributed by atoms with van der Waals surface area (Å²) in [5.74, 6) is 0.504. The molecule has 0 aliphatic rings. The molecule has 6 nitrogen and oxygen atoms in total. The van der Waals surface area contributed by atoms with E-state index in [2.05, 4.69) is 9.71 Å². The Kier molecular flexibility index (Phi) is 9.61. The molecule has 0 aliphatic heterocycles. The second kappa shape index (κ2) is 10.0. The van der Waals surface area contributed by atoms with E-state index < -0.39 is 10.0 Å². The van der Waals surface area contributed by atoms with Crippen LogP contribution in [0.25, 0.3) is 0 Å². The van der Waals surface area contributed by atoms with E-state index in [0.29, 0.717) is 19.0 Å². The molecule has 0 bridgehead atoms. The summed E-state index contributed by atoms with van der Waals surface area (Å²) < 4.78 is 26.1. The first-order chi connectivity index (χ1) is 9.94. The molecule has 0 aliphatic carbocycles. The predicted octanol–water partition coefficient (Wildman–Crippen LogP) is 1.76. The third kappa shape index (κ3) is 6.09. The minimum Gasteiger partial charge on any atom is -0.370 e. The molecule has 3 N–H and O–H groups in total. The van der Waals surface area contributed by atoms with E-state index in [1.807, 2.05) is 18.7 Å².